The summed E-state index contributed by atoms with van der Waals surface area (Å²) in [5.41, 5.74) is 7.95. The van der Waals surface area contributed by atoms with Gasteiger partial charge in [0.1, 0.15) is 0 Å². The molecule has 1 aliphatic carbocycles. The van der Waals surface area contributed by atoms with Crippen molar-refractivity contribution in [3.05, 3.63) is 29.8 Å². The Kier molecular flexibility index (Phi) is 2.73. The summed E-state index contributed by atoms with van der Waals surface area (Å²) in [6.45, 7) is 4.41. The molecule has 2 N–H and O–H groups in total. The standard InChI is InChI=1S/C12H18N2/c1-2-14(12-6-7-12)9-10-4-3-5-11(13)8-10/h3-5,8,12H,2,6-7,9,13H2,1H3. The van der Waals surface area contributed by atoms with Crippen molar-refractivity contribution in [2.45, 2.75) is 32.4 Å². The molecule has 0 amide bonds. The molecule has 0 unspecified atom stereocenters. The molecule has 1 saturated carbocycles. The Labute approximate surface area is 85.7 Å². The molecule has 0 aromatic heterocycles. The van der Waals surface area contributed by atoms with Crippen LogP contribution in [0.4, 0.5) is 5.69 Å². The summed E-state index contributed by atoms with van der Waals surface area (Å²) in [4.78, 5) is 2.52. The normalized spacial score (nSPS) is 16.1. The van der Waals surface area contributed by atoms with Crippen LogP contribution < -0.4 is 5.73 Å². The average molecular weight is 190 g/mol. The summed E-state index contributed by atoms with van der Waals surface area (Å²) in [6.07, 6.45) is 2.74. The van der Waals surface area contributed by atoms with E-state index in [2.05, 4.69) is 24.0 Å². The van der Waals surface area contributed by atoms with E-state index in [1.807, 2.05) is 12.1 Å². The van der Waals surface area contributed by atoms with Gasteiger partial charge in [0.2, 0.25) is 0 Å². The number of rotatable bonds is 4. The van der Waals surface area contributed by atoms with Gasteiger partial charge in [-0.3, -0.25) is 4.90 Å². The lowest BCUT2D eigenvalue weighted by molar-refractivity contribution is 0.269. The molecular weight excluding hydrogens is 172 g/mol. The van der Waals surface area contributed by atoms with Crippen LogP contribution in [0, 0.1) is 0 Å². The number of hydrogen-bond acceptors (Lipinski definition) is 2. The van der Waals surface area contributed by atoms with Crippen molar-refractivity contribution in [2.75, 3.05) is 12.3 Å². The van der Waals surface area contributed by atoms with E-state index in [1.165, 1.54) is 18.4 Å². The largest absolute Gasteiger partial charge is 0.399 e. The summed E-state index contributed by atoms with van der Waals surface area (Å²) < 4.78 is 0. The van der Waals surface area contributed by atoms with Gasteiger partial charge in [0, 0.05) is 18.3 Å². The molecule has 0 spiro atoms. The summed E-state index contributed by atoms with van der Waals surface area (Å²) >= 11 is 0. The third-order valence-electron chi connectivity index (χ3n) is 2.81. The van der Waals surface area contributed by atoms with E-state index in [0.717, 1.165) is 24.8 Å². The minimum atomic E-state index is 0.835. The maximum atomic E-state index is 5.75. The first-order chi connectivity index (χ1) is 6.79. The quantitative estimate of drug-likeness (QED) is 0.738. The van der Waals surface area contributed by atoms with Gasteiger partial charge in [-0.05, 0) is 37.1 Å². The highest BCUT2D eigenvalue weighted by Crippen LogP contribution is 2.28. The molecular formula is C12H18N2. The molecule has 0 heterocycles. The number of nitrogen functional groups attached to an aromatic ring is 1. The smallest absolute Gasteiger partial charge is 0.0317 e. The molecule has 1 aromatic carbocycles. The Hall–Kier alpha value is -1.02. The van der Waals surface area contributed by atoms with E-state index >= 15 is 0 Å². The van der Waals surface area contributed by atoms with Gasteiger partial charge in [-0.2, -0.15) is 0 Å². The Morgan fingerprint density at radius 1 is 1.43 bits per heavy atom. The summed E-state index contributed by atoms with van der Waals surface area (Å²) in [6, 6.07) is 9.04. The fourth-order valence-corrected chi connectivity index (χ4v) is 1.86. The van der Waals surface area contributed by atoms with Gasteiger partial charge in [-0.25, -0.2) is 0 Å². The zero-order chi connectivity index (χ0) is 9.97. The molecule has 1 fully saturated rings. The fraction of sp³-hybridized carbons (Fsp3) is 0.500. The van der Waals surface area contributed by atoms with Crippen molar-refractivity contribution in [3.8, 4) is 0 Å². The molecule has 76 valence electrons. The van der Waals surface area contributed by atoms with Crippen molar-refractivity contribution >= 4 is 5.69 Å². The van der Waals surface area contributed by atoms with E-state index in [1.54, 1.807) is 0 Å². The third kappa shape index (κ3) is 2.26. The highest BCUT2D eigenvalue weighted by Gasteiger charge is 2.27. The molecule has 14 heavy (non-hydrogen) atoms. The summed E-state index contributed by atoms with van der Waals surface area (Å²) in [5, 5.41) is 0. The van der Waals surface area contributed by atoms with Gasteiger partial charge < -0.3 is 5.73 Å². The summed E-state index contributed by atoms with van der Waals surface area (Å²) in [7, 11) is 0. The molecule has 1 aliphatic rings. The molecule has 0 bridgehead atoms. The van der Waals surface area contributed by atoms with E-state index < -0.39 is 0 Å². The SMILES string of the molecule is CCN(Cc1cccc(N)c1)C1CC1. The van der Waals surface area contributed by atoms with E-state index in [-0.39, 0.29) is 0 Å². The van der Waals surface area contributed by atoms with Crippen LogP contribution in [-0.2, 0) is 6.54 Å². The molecule has 0 aliphatic heterocycles. The minimum absolute atomic E-state index is 0.835. The van der Waals surface area contributed by atoms with Crippen LogP contribution in [0.1, 0.15) is 25.3 Å². The molecule has 0 saturated heterocycles. The van der Waals surface area contributed by atoms with Crippen molar-refractivity contribution in [1.29, 1.82) is 0 Å². The Bertz CT molecular complexity index is 305. The maximum Gasteiger partial charge on any atom is 0.0317 e. The topological polar surface area (TPSA) is 29.3 Å². The Morgan fingerprint density at radius 3 is 2.79 bits per heavy atom. The lowest BCUT2D eigenvalue weighted by atomic mass is 10.2. The second kappa shape index (κ2) is 4.01. The first-order valence-corrected chi connectivity index (χ1v) is 5.38. The summed E-state index contributed by atoms with van der Waals surface area (Å²) in [5.74, 6) is 0. The van der Waals surface area contributed by atoms with Crippen LogP contribution in [0.15, 0.2) is 24.3 Å². The highest BCUT2D eigenvalue weighted by atomic mass is 15.2. The van der Waals surface area contributed by atoms with Crippen LogP contribution in [0.3, 0.4) is 0 Å². The van der Waals surface area contributed by atoms with Crippen LogP contribution in [0.25, 0.3) is 0 Å². The van der Waals surface area contributed by atoms with Crippen molar-refractivity contribution in [2.24, 2.45) is 0 Å². The van der Waals surface area contributed by atoms with Crippen molar-refractivity contribution < 1.29 is 0 Å². The molecule has 0 radical (unpaired) electrons. The van der Waals surface area contributed by atoms with Gasteiger partial charge >= 0.3 is 0 Å². The van der Waals surface area contributed by atoms with Gasteiger partial charge in [-0.15, -0.1) is 0 Å². The van der Waals surface area contributed by atoms with Gasteiger partial charge in [-0.1, -0.05) is 19.1 Å². The average Bonchev–Trinajstić information content (AvgIpc) is 2.97. The van der Waals surface area contributed by atoms with Gasteiger partial charge in [0.25, 0.3) is 0 Å². The second-order valence-corrected chi connectivity index (χ2v) is 4.04. The zero-order valence-electron chi connectivity index (χ0n) is 8.74. The number of nitrogens with zero attached hydrogens (tertiary/aromatic N) is 1. The van der Waals surface area contributed by atoms with Crippen LogP contribution in [0.5, 0.6) is 0 Å². The first-order valence-electron chi connectivity index (χ1n) is 5.38. The maximum absolute atomic E-state index is 5.75. The molecule has 2 nitrogen and oxygen atoms in total. The predicted octanol–water partition coefficient (Wildman–Crippen LogP) is 2.25. The Balaban J connectivity index is 2.01. The molecule has 2 rings (SSSR count). The van der Waals surface area contributed by atoms with Crippen molar-refractivity contribution in [3.63, 3.8) is 0 Å². The monoisotopic (exact) mass is 190 g/mol. The first kappa shape index (κ1) is 9.53. The predicted molar refractivity (Wildman–Crippen MR) is 60.0 cm³/mol. The minimum Gasteiger partial charge on any atom is -0.399 e. The van der Waals surface area contributed by atoms with Crippen LogP contribution in [0.2, 0.25) is 0 Å². The Morgan fingerprint density at radius 2 is 2.21 bits per heavy atom. The van der Waals surface area contributed by atoms with E-state index in [9.17, 15) is 0 Å². The van der Waals surface area contributed by atoms with Gasteiger partial charge in [0.05, 0.1) is 0 Å². The highest BCUT2D eigenvalue weighted by molar-refractivity contribution is 5.40. The zero-order valence-corrected chi connectivity index (χ0v) is 8.74. The third-order valence-corrected chi connectivity index (χ3v) is 2.81. The van der Waals surface area contributed by atoms with Gasteiger partial charge in [0.15, 0.2) is 0 Å². The number of hydrogen-bond donors (Lipinski definition) is 1. The number of anilines is 1. The van der Waals surface area contributed by atoms with Crippen LogP contribution in [-0.4, -0.2) is 17.5 Å². The number of nitrogens with two attached hydrogens (primary N) is 1. The lowest BCUT2D eigenvalue weighted by Crippen LogP contribution is -2.24. The molecule has 0 atom stereocenters. The molecule has 2 heteroatoms. The molecule has 1 aromatic rings. The number of benzene rings is 1. The fourth-order valence-electron chi connectivity index (χ4n) is 1.86. The van der Waals surface area contributed by atoms with E-state index in [0.29, 0.717) is 0 Å². The van der Waals surface area contributed by atoms with Crippen LogP contribution >= 0.6 is 0 Å². The second-order valence-electron chi connectivity index (χ2n) is 4.04. The van der Waals surface area contributed by atoms with Crippen molar-refractivity contribution in [1.82, 2.24) is 4.90 Å². The van der Waals surface area contributed by atoms with E-state index in [4.69, 9.17) is 5.73 Å². The lowest BCUT2D eigenvalue weighted by Gasteiger charge is -2.19.